The summed E-state index contributed by atoms with van der Waals surface area (Å²) in [5.41, 5.74) is 0.552. The fourth-order valence-electron chi connectivity index (χ4n) is 1.78. The summed E-state index contributed by atoms with van der Waals surface area (Å²) in [6.45, 7) is 1.55. The molecule has 1 atom stereocenters. The molecule has 4 nitrogen and oxygen atoms in total. The molecule has 0 bridgehead atoms. The Balaban J connectivity index is 2.23. The minimum absolute atomic E-state index is 0.163. The quantitative estimate of drug-likeness (QED) is 0.848. The van der Waals surface area contributed by atoms with E-state index in [0.29, 0.717) is 5.56 Å². The summed E-state index contributed by atoms with van der Waals surface area (Å²) < 4.78 is 27.4. The third kappa shape index (κ3) is 4.16. The number of benzene rings is 1. The van der Waals surface area contributed by atoms with Crippen LogP contribution in [-0.2, 0) is 10.0 Å². The van der Waals surface area contributed by atoms with Crippen LogP contribution in [0.15, 0.2) is 46.7 Å². The van der Waals surface area contributed by atoms with Gasteiger partial charge in [0.1, 0.15) is 6.61 Å². The second-order valence-electron chi connectivity index (χ2n) is 4.35. The van der Waals surface area contributed by atoms with Gasteiger partial charge in [0.25, 0.3) is 0 Å². The lowest BCUT2D eigenvalue weighted by Gasteiger charge is -2.13. The standard InChI is InChI=1S/C15H15NO3S2/c1-12(15-8-4-10-20-15)16-21(18,19)14-7-2-5-13(11-14)6-3-9-17/h2,4-5,7-8,10-12,16-17H,9H2,1H3. The molecule has 2 rings (SSSR count). The summed E-state index contributed by atoms with van der Waals surface area (Å²) in [5, 5.41) is 10.6. The van der Waals surface area contributed by atoms with Crippen molar-refractivity contribution in [1.82, 2.24) is 4.72 Å². The third-order valence-corrected chi connectivity index (χ3v) is 5.35. The van der Waals surface area contributed by atoms with Crippen LogP contribution in [0.3, 0.4) is 0 Å². The monoisotopic (exact) mass is 321 g/mol. The number of aliphatic hydroxyl groups is 1. The van der Waals surface area contributed by atoms with Gasteiger partial charge in [0, 0.05) is 10.4 Å². The van der Waals surface area contributed by atoms with Crippen LogP contribution in [0.5, 0.6) is 0 Å². The van der Waals surface area contributed by atoms with E-state index in [2.05, 4.69) is 16.6 Å². The van der Waals surface area contributed by atoms with Crippen molar-refractivity contribution in [2.75, 3.05) is 6.61 Å². The predicted octanol–water partition coefficient (Wildman–Crippen LogP) is 2.13. The van der Waals surface area contributed by atoms with Crippen LogP contribution in [0.25, 0.3) is 0 Å². The van der Waals surface area contributed by atoms with E-state index < -0.39 is 10.0 Å². The van der Waals surface area contributed by atoms with Crippen LogP contribution in [0, 0.1) is 11.8 Å². The number of nitrogens with one attached hydrogen (secondary N) is 1. The van der Waals surface area contributed by atoms with Gasteiger partial charge in [-0.3, -0.25) is 0 Å². The highest BCUT2D eigenvalue weighted by Crippen LogP contribution is 2.21. The average Bonchev–Trinajstić information content (AvgIpc) is 2.99. The largest absolute Gasteiger partial charge is 0.384 e. The fourth-order valence-corrected chi connectivity index (χ4v) is 3.86. The first kappa shape index (κ1) is 15.7. The molecular weight excluding hydrogens is 306 g/mol. The summed E-state index contributed by atoms with van der Waals surface area (Å²) in [4.78, 5) is 1.12. The van der Waals surface area contributed by atoms with Gasteiger partial charge < -0.3 is 5.11 Å². The zero-order chi connectivity index (χ0) is 15.3. The normalized spacial score (nSPS) is 12.5. The summed E-state index contributed by atoms with van der Waals surface area (Å²) in [7, 11) is -3.61. The lowest BCUT2D eigenvalue weighted by Crippen LogP contribution is -2.26. The van der Waals surface area contributed by atoms with Crippen LogP contribution in [0.2, 0.25) is 0 Å². The van der Waals surface area contributed by atoms with E-state index in [1.807, 2.05) is 17.5 Å². The molecule has 0 fully saturated rings. The smallest absolute Gasteiger partial charge is 0.241 e. The molecular formula is C15H15NO3S2. The van der Waals surface area contributed by atoms with Crippen molar-refractivity contribution >= 4 is 21.4 Å². The van der Waals surface area contributed by atoms with Gasteiger partial charge in [-0.15, -0.1) is 11.3 Å². The van der Waals surface area contributed by atoms with Gasteiger partial charge in [-0.25, -0.2) is 13.1 Å². The molecule has 0 aliphatic rings. The van der Waals surface area contributed by atoms with E-state index in [4.69, 9.17) is 5.11 Å². The van der Waals surface area contributed by atoms with Crippen molar-refractivity contribution < 1.29 is 13.5 Å². The first-order chi connectivity index (χ1) is 10.0. The van der Waals surface area contributed by atoms with Crippen LogP contribution in [0.1, 0.15) is 23.4 Å². The van der Waals surface area contributed by atoms with Gasteiger partial charge in [0.2, 0.25) is 10.0 Å². The van der Waals surface area contributed by atoms with Gasteiger partial charge in [-0.2, -0.15) is 0 Å². The maximum atomic E-state index is 12.4. The molecule has 6 heteroatoms. The fraction of sp³-hybridized carbons (Fsp3) is 0.200. The van der Waals surface area contributed by atoms with Gasteiger partial charge >= 0.3 is 0 Å². The average molecular weight is 321 g/mol. The van der Waals surface area contributed by atoms with Gasteiger partial charge in [-0.05, 0) is 36.6 Å². The molecule has 1 heterocycles. The highest BCUT2D eigenvalue weighted by Gasteiger charge is 2.18. The Hall–Kier alpha value is -1.65. The minimum Gasteiger partial charge on any atom is -0.384 e. The third-order valence-electron chi connectivity index (χ3n) is 2.76. The first-order valence-electron chi connectivity index (χ1n) is 6.28. The highest BCUT2D eigenvalue weighted by atomic mass is 32.2. The van der Waals surface area contributed by atoms with Crippen molar-refractivity contribution in [2.45, 2.75) is 17.9 Å². The molecule has 110 valence electrons. The minimum atomic E-state index is -3.61. The molecule has 0 aliphatic carbocycles. The number of aliphatic hydroxyl groups excluding tert-OH is 1. The Morgan fingerprint density at radius 3 is 2.81 bits per heavy atom. The Morgan fingerprint density at radius 1 is 1.33 bits per heavy atom. The lowest BCUT2D eigenvalue weighted by atomic mass is 10.2. The number of rotatable bonds is 4. The van der Waals surface area contributed by atoms with Crippen LogP contribution in [0.4, 0.5) is 0 Å². The van der Waals surface area contributed by atoms with E-state index >= 15 is 0 Å². The molecule has 2 N–H and O–H groups in total. The predicted molar refractivity (Wildman–Crippen MR) is 83.5 cm³/mol. The zero-order valence-electron chi connectivity index (χ0n) is 11.4. The first-order valence-corrected chi connectivity index (χ1v) is 8.65. The second kappa shape index (κ2) is 6.87. The Labute approximate surface area is 128 Å². The maximum Gasteiger partial charge on any atom is 0.241 e. The molecule has 1 unspecified atom stereocenters. The van der Waals surface area contributed by atoms with E-state index in [-0.39, 0.29) is 17.5 Å². The molecule has 0 saturated carbocycles. The van der Waals surface area contributed by atoms with Crippen LogP contribution < -0.4 is 4.72 Å². The molecule has 2 aromatic rings. The van der Waals surface area contributed by atoms with Crippen LogP contribution >= 0.6 is 11.3 Å². The van der Waals surface area contributed by atoms with E-state index in [9.17, 15) is 8.42 Å². The van der Waals surface area contributed by atoms with E-state index in [1.54, 1.807) is 19.1 Å². The van der Waals surface area contributed by atoms with Gasteiger partial charge in [-0.1, -0.05) is 24.0 Å². The molecule has 0 saturated heterocycles. The van der Waals surface area contributed by atoms with E-state index in [1.165, 1.54) is 23.5 Å². The molecule has 1 aromatic carbocycles. The van der Waals surface area contributed by atoms with Crippen molar-refractivity contribution in [2.24, 2.45) is 0 Å². The van der Waals surface area contributed by atoms with Crippen molar-refractivity contribution in [3.63, 3.8) is 0 Å². The number of sulfonamides is 1. The summed E-state index contributed by atoms with van der Waals surface area (Å²) >= 11 is 1.50. The second-order valence-corrected chi connectivity index (χ2v) is 7.04. The topological polar surface area (TPSA) is 66.4 Å². The Morgan fingerprint density at radius 2 is 2.14 bits per heavy atom. The molecule has 0 aliphatic heterocycles. The van der Waals surface area contributed by atoms with Crippen molar-refractivity contribution in [1.29, 1.82) is 0 Å². The van der Waals surface area contributed by atoms with E-state index in [0.717, 1.165) is 4.88 Å². The summed E-state index contributed by atoms with van der Waals surface area (Å²) in [6.07, 6.45) is 0. The summed E-state index contributed by atoms with van der Waals surface area (Å²) in [5.74, 6) is 5.20. The molecule has 21 heavy (non-hydrogen) atoms. The number of hydrogen-bond donors (Lipinski definition) is 2. The summed E-state index contributed by atoms with van der Waals surface area (Å²) in [6, 6.07) is 9.83. The van der Waals surface area contributed by atoms with Gasteiger partial charge in [0.15, 0.2) is 0 Å². The Bertz CT molecular complexity index is 756. The molecule has 0 radical (unpaired) electrons. The van der Waals surface area contributed by atoms with Crippen LogP contribution in [-0.4, -0.2) is 20.1 Å². The lowest BCUT2D eigenvalue weighted by molar-refractivity contribution is 0.350. The Kier molecular flexibility index (Phi) is 5.15. The highest BCUT2D eigenvalue weighted by molar-refractivity contribution is 7.89. The van der Waals surface area contributed by atoms with Crippen molar-refractivity contribution in [3.8, 4) is 11.8 Å². The molecule has 1 aromatic heterocycles. The molecule has 0 spiro atoms. The SMILES string of the molecule is CC(NS(=O)(=O)c1cccc(C#CCO)c1)c1cccs1. The van der Waals surface area contributed by atoms with Gasteiger partial charge in [0.05, 0.1) is 10.9 Å². The maximum absolute atomic E-state index is 12.4. The van der Waals surface area contributed by atoms with Crippen molar-refractivity contribution in [3.05, 3.63) is 52.2 Å². The zero-order valence-corrected chi connectivity index (χ0v) is 13.0. The number of hydrogen-bond acceptors (Lipinski definition) is 4. The molecule has 0 amide bonds. The number of thiophene rings is 1.